The number of phenols is 2. The van der Waals surface area contributed by atoms with E-state index in [0.29, 0.717) is 43.8 Å². The maximum atomic E-state index is 12.6. The third-order valence-corrected chi connectivity index (χ3v) is 8.41. The fraction of sp³-hybridized carbons (Fsp3) is 0.650. The van der Waals surface area contributed by atoms with Crippen LogP contribution in [0.3, 0.4) is 0 Å². The highest BCUT2D eigenvalue weighted by molar-refractivity contribution is 5.70. The smallest absolute Gasteiger partial charge is 0.306 e. The minimum absolute atomic E-state index is 0.217. The average Bonchev–Trinajstić information content (AvgIpc) is 2.89. The molecule has 0 bridgehead atoms. The van der Waals surface area contributed by atoms with Crippen LogP contribution in [0.5, 0.6) is 11.5 Å². The lowest BCUT2D eigenvalue weighted by Gasteiger charge is -2.28. The molecule has 0 aliphatic rings. The molecule has 6 nitrogen and oxygen atoms in total. The van der Waals surface area contributed by atoms with Gasteiger partial charge >= 0.3 is 11.9 Å². The van der Waals surface area contributed by atoms with Gasteiger partial charge in [-0.15, -0.1) is 0 Å². The molecule has 0 aliphatic carbocycles. The van der Waals surface area contributed by atoms with E-state index in [4.69, 9.17) is 9.47 Å². The third kappa shape index (κ3) is 11.7. The van der Waals surface area contributed by atoms with Crippen molar-refractivity contribution in [2.45, 2.75) is 163 Å². The van der Waals surface area contributed by atoms with Crippen LogP contribution < -0.4 is 0 Å². The van der Waals surface area contributed by atoms with Gasteiger partial charge in [-0.2, -0.15) is 0 Å². The molecule has 2 aromatic rings. The van der Waals surface area contributed by atoms with Crippen LogP contribution >= 0.6 is 0 Å². The van der Waals surface area contributed by atoms with Crippen LogP contribution in [0.1, 0.15) is 155 Å². The van der Waals surface area contributed by atoms with Gasteiger partial charge in [-0.1, -0.05) is 107 Å². The number of rotatable bonds is 12. The van der Waals surface area contributed by atoms with E-state index in [9.17, 15) is 19.8 Å². The van der Waals surface area contributed by atoms with Crippen LogP contribution in [0.15, 0.2) is 24.3 Å². The van der Waals surface area contributed by atoms with Gasteiger partial charge in [0.2, 0.25) is 0 Å². The summed E-state index contributed by atoms with van der Waals surface area (Å²) in [5, 5.41) is 21.9. The summed E-state index contributed by atoms with van der Waals surface area (Å²) < 4.78 is 11.2. The van der Waals surface area contributed by atoms with Crippen molar-refractivity contribution in [2.24, 2.45) is 0 Å². The molecule has 0 aromatic heterocycles. The first-order chi connectivity index (χ1) is 20.9. The largest absolute Gasteiger partial charge is 0.507 e. The zero-order valence-corrected chi connectivity index (χ0v) is 31.1. The Hall–Kier alpha value is -3.02. The average molecular weight is 639 g/mol. The Morgan fingerprint density at radius 3 is 1.30 bits per heavy atom. The van der Waals surface area contributed by atoms with Crippen molar-refractivity contribution >= 4 is 11.9 Å². The Balaban J connectivity index is 1.80. The molecule has 0 radical (unpaired) electrons. The fourth-order valence-electron chi connectivity index (χ4n) is 5.59. The Bertz CT molecular complexity index is 1270. The molecule has 0 saturated carbocycles. The van der Waals surface area contributed by atoms with E-state index in [-0.39, 0.29) is 52.5 Å². The van der Waals surface area contributed by atoms with Crippen LogP contribution in [0.25, 0.3) is 0 Å². The van der Waals surface area contributed by atoms with Gasteiger partial charge < -0.3 is 19.7 Å². The molecule has 0 amide bonds. The normalized spacial score (nSPS) is 13.4. The molecular formula is C40H62O6. The van der Waals surface area contributed by atoms with Crippen LogP contribution in [0.2, 0.25) is 0 Å². The molecule has 2 rings (SSSR count). The Morgan fingerprint density at radius 1 is 0.609 bits per heavy atom. The summed E-state index contributed by atoms with van der Waals surface area (Å²) in [5.41, 5.74) is 4.74. The van der Waals surface area contributed by atoms with E-state index in [2.05, 4.69) is 83.1 Å². The van der Waals surface area contributed by atoms with Crippen molar-refractivity contribution in [1.29, 1.82) is 0 Å². The van der Waals surface area contributed by atoms with Gasteiger partial charge in [-0.05, 0) is 94.1 Å². The number of esters is 2. The zero-order valence-electron chi connectivity index (χ0n) is 31.1. The predicted octanol–water partition coefficient (Wildman–Crippen LogP) is 9.50. The number of ether oxygens (including phenoxy) is 2. The van der Waals surface area contributed by atoms with Gasteiger partial charge in [0.25, 0.3) is 0 Å². The van der Waals surface area contributed by atoms with Crippen LogP contribution in [0.4, 0.5) is 0 Å². The highest BCUT2D eigenvalue weighted by atomic mass is 16.5. The summed E-state index contributed by atoms with van der Waals surface area (Å²) >= 11 is 0. The second-order valence-electron chi connectivity index (χ2n) is 17.1. The first-order valence-electron chi connectivity index (χ1n) is 17.0. The van der Waals surface area contributed by atoms with E-state index in [0.717, 1.165) is 39.8 Å². The lowest BCUT2D eigenvalue weighted by atomic mass is 9.78. The zero-order chi connectivity index (χ0) is 35.3. The number of carbonyl (C=O) groups is 2. The molecule has 0 saturated heterocycles. The lowest BCUT2D eigenvalue weighted by Crippen LogP contribution is -2.19. The van der Waals surface area contributed by atoms with E-state index in [1.807, 2.05) is 31.2 Å². The number of aryl methyl sites for hydroxylation is 2. The quantitative estimate of drug-likeness (QED) is 0.178. The molecule has 0 aliphatic heterocycles. The highest BCUT2D eigenvalue weighted by Gasteiger charge is 2.28. The van der Waals surface area contributed by atoms with Gasteiger partial charge in [0.15, 0.2) is 0 Å². The van der Waals surface area contributed by atoms with Gasteiger partial charge in [0, 0.05) is 12.8 Å². The SMILES string of the molecule is CC(CCCCOC(=O)CCc1cc(C(C)(C)C)c(O)c(C(C)(C)C)c1)OC(=O)CCc1cc(C(C)(C)C)c(O)c(C(C)(C)C)c1. The van der Waals surface area contributed by atoms with Crippen molar-refractivity contribution in [3.05, 3.63) is 57.6 Å². The number of phenolic OH excluding ortho intramolecular Hbond substituents is 2. The van der Waals surface area contributed by atoms with E-state index in [1.54, 1.807) is 0 Å². The van der Waals surface area contributed by atoms with Gasteiger partial charge in [0.1, 0.15) is 11.5 Å². The molecule has 1 atom stereocenters. The number of carbonyl (C=O) groups excluding carboxylic acids is 2. The van der Waals surface area contributed by atoms with Gasteiger partial charge in [-0.25, -0.2) is 0 Å². The second-order valence-corrected chi connectivity index (χ2v) is 17.1. The number of benzene rings is 2. The number of aromatic hydroxyl groups is 2. The molecule has 258 valence electrons. The van der Waals surface area contributed by atoms with E-state index >= 15 is 0 Å². The predicted molar refractivity (Wildman–Crippen MR) is 188 cm³/mol. The summed E-state index contributed by atoms with van der Waals surface area (Å²) in [6.07, 6.45) is 3.62. The standard InChI is InChI=1S/C40H62O6/c1-26(46-34(42)20-18-28-24-31(39(8,9)10)36(44)32(25-28)40(11,12)13)16-14-15-21-45-33(41)19-17-27-22-29(37(2,3)4)35(43)30(23-27)38(5,6)7/h22-26,43-44H,14-21H2,1-13H3. The Morgan fingerprint density at radius 2 is 0.957 bits per heavy atom. The monoisotopic (exact) mass is 638 g/mol. The topological polar surface area (TPSA) is 93.1 Å². The first kappa shape index (κ1) is 39.2. The molecule has 46 heavy (non-hydrogen) atoms. The van der Waals surface area contributed by atoms with Crippen LogP contribution in [-0.4, -0.2) is 34.9 Å². The minimum atomic E-state index is -0.236. The van der Waals surface area contributed by atoms with Crippen LogP contribution in [0, 0.1) is 0 Å². The van der Waals surface area contributed by atoms with Crippen molar-refractivity contribution in [2.75, 3.05) is 6.61 Å². The summed E-state index contributed by atoms with van der Waals surface area (Å²) in [5.74, 6) is 0.209. The molecule has 2 N–H and O–H groups in total. The van der Waals surface area contributed by atoms with E-state index < -0.39 is 0 Å². The van der Waals surface area contributed by atoms with Crippen molar-refractivity contribution in [3.8, 4) is 11.5 Å². The summed E-state index contributed by atoms with van der Waals surface area (Å²) in [4.78, 5) is 25.1. The highest BCUT2D eigenvalue weighted by Crippen LogP contribution is 2.41. The number of unbranched alkanes of at least 4 members (excludes halogenated alkanes) is 1. The molecule has 2 aromatic carbocycles. The number of hydrogen-bond acceptors (Lipinski definition) is 6. The maximum Gasteiger partial charge on any atom is 0.306 e. The third-order valence-electron chi connectivity index (χ3n) is 8.41. The Labute approximate surface area is 279 Å². The number of hydrogen-bond donors (Lipinski definition) is 2. The molecule has 0 fully saturated rings. The fourth-order valence-corrected chi connectivity index (χ4v) is 5.59. The summed E-state index contributed by atoms with van der Waals surface area (Å²) in [6, 6.07) is 8.05. The second kappa shape index (κ2) is 15.3. The molecular weight excluding hydrogens is 576 g/mol. The van der Waals surface area contributed by atoms with Gasteiger partial charge in [-0.3, -0.25) is 9.59 Å². The molecule has 0 spiro atoms. The van der Waals surface area contributed by atoms with Gasteiger partial charge in [0.05, 0.1) is 12.7 Å². The van der Waals surface area contributed by atoms with Crippen molar-refractivity contribution < 1.29 is 29.3 Å². The maximum absolute atomic E-state index is 12.6. The summed E-state index contributed by atoms with van der Waals surface area (Å²) in [6.45, 7) is 27.2. The molecule has 1 unspecified atom stereocenters. The van der Waals surface area contributed by atoms with E-state index in [1.165, 1.54) is 0 Å². The van der Waals surface area contributed by atoms with Crippen molar-refractivity contribution in [3.63, 3.8) is 0 Å². The minimum Gasteiger partial charge on any atom is -0.507 e. The first-order valence-corrected chi connectivity index (χ1v) is 17.0. The van der Waals surface area contributed by atoms with Crippen LogP contribution in [-0.2, 0) is 53.6 Å². The molecule has 0 heterocycles. The lowest BCUT2D eigenvalue weighted by molar-refractivity contribution is -0.148. The van der Waals surface area contributed by atoms with Crippen molar-refractivity contribution in [1.82, 2.24) is 0 Å². The Kier molecular flexibility index (Phi) is 13.0. The summed E-state index contributed by atoms with van der Waals surface area (Å²) in [7, 11) is 0. The molecule has 6 heteroatoms.